The lowest BCUT2D eigenvalue weighted by molar-refractivity contribution is -0.128. The van der Waals surface area contributed by atoms with Crippen molar-refractivity contribution in [2.75, 3.05) is 168 Å². The summed E-state index contributed by atoms with van der Waals surface area (Å²) in [4.78, 5) is 38.6. The number of hydrogen-bond acceptors (Lipinski definition) is 16. The van der Waals surface area contributed by atoms with Gasteiger partial charge in [-0.2, -0.15) is 4.31 Å². The number of nitrogen functional groups attached to an aromatic ring is 1. The van der Waals surface area contributed by atoms with Crippen molar-refractivity contribution in [1.82, 2.24) is 28.2 Å². The average Bonchev–Trinajstić information content (AvgIpc) is 4.19. The molecule has 4 aliphatic rings. The zero-order chi connectivity index (χ0) is 57.1. The first-order chi connectivity index (χ1) is 37.8. The molecule has 0 atom stereocenters. The van der Waals surface area contributed by atoms with Crippen LogP contribution in [0.5, 0.6) is 11.5 Å². The number of benzene rings is 4. The summed E-state index contributed by atoms with van der Waals surface area (Å²) in [5, 5.41) is 0. The van der Waals surface area contributed by atoms with E-state index in [0.717, 1.165) is 61.4 Å². The molecule has 21 heteroatoms. The summed E-state index contributed by atoms with van der Waals surface area (Å²) in [5.41, 5.74) is 12.5. The van der Waals surface area contributed by atoms with E-state index in [2.05, 4.69) is 58.4 Å². The molecule has 80 heavy (non-hydrogen) atoms. The van der Waals surface area contributed by atoms with Crippen molar-refractivity contribution in [2.24, 2.45) is 0 Å². The number of piperazine rings is 2. The third-order valence-electron chi connectivity index (χ3n) is 15.5. The highest BCUT2D eigenvalue weighted by atomic mass is 35.5. The van der Waals surface area contributed by atoms with Gasteiger partial charge in [0.25, 0.3) is 6.47 Å². The number of aryl methyl sites for hydroxylation is 4. The quantitative estimate of drug-likeness (QED) is 0.0491. The van der Waals surface area contributed by atoms with E-state index in [0.29, 0.717) is 46.6 Å². The highest BCUT2D eigenvalue weighted by Crippen LogP contribution is 2.30. The Balaban J connectivity index is 0.000000241. The van der Waals surface area contributed by atoms with Gasteiger partial charge in [0, 0.05) is 136 Å². The van der Waals surface area contributed by atoms with Crippen molar-refractivity contribution < 1.29 is 40.6 Å². The fraction of sp³-hybridized carbons (Fsp3) is 0.559. The van der Waals surface area contributed by atoms with Crippen molar-refractivity contribution in [3.63, 3.8) is 0 Å². The first-order valence-corrected chi connectivity index (χ1v) is 30.8. The van der Waals surface area contributed by atoms with Crippen LogP contribution in [0.15, 0.2) is 82.6 Å². The molecule has 8 rings (SSSR count). The number of Topliss-reactive ketones (excluding diaryl/α,β-unsaturated/α-hetero) is 1. The minimum Gasteiger partial charge on any atom is -0.497 e. The van der Waals surface area contributed by atoms with E-state index in [-0.39, 0.29) is 54.1 Å². The molecule has 0 saturated carbocycles. The first kappa shape index (κ1) is 65.8. The van der Waals surface area contributed by atoms with Gasteiger partial charge in [-0.05, 0) is 168 Å². The molecule has 0 aromatic heterocycles. The maximum absolute atomic E-state index is 13.2. The number of ketones is 1. The number of sulfonamides is 2. The van der Waals surface area contributed by atoms with E-state index >= 15 is 0 Å². The van der Waals surface area contributed by atoms with Crippen LogP contribution in [0.4, 0.5) is 17.1 Å². The minimum absolute atomic E-state index is 0. The number of carbonyl (C=O) groups excluding carboxylic acids is 2. The Labute approximate surface area is 484 Å². The molecule has 0 radical (unpaired) electrons. The first-order valence-electron chi connectivity index (χ1n) is 28.0. The van der Waals surface area contributed by atoms with E-state index in [1.54, 1.807) is 59.1 Å². The molecular weight excluding hydrogens is 1080 g/mol. The molecule has 444 valence electrons. The molecule has 4 aromatic carbocycles. The second-order valence-electron chi connectivity index (χ2n) is 21.3. The summed E-state index contributed by atoms with van der Waals surface area (Å²) in [7, 11) is -1.25. The minimum atomic E-state index is -3.71. The number of methoxy groups -OCH3 is 2. The third kappa shape index (κ3) is 19.0. The number of carbonyl (C=O) groups is 2. The Bertz CT molecular complexity index is 2740. The van der Waals surface area contributed by atoms with Gasteiger partial charge in [0.2, 0.25) is 20.0 Å². The lowest BCUT2D eigenvalue weighted by Crippen LogP contribution is -2.48. The molecule has 4 aliphatic heterocycles. The number of nitrogens with zero attached hydrogens (tertiary/aromatic N) is 8. The van der Waals surface area contributed by atoms with Crippen LogP contribution in [0.1, 0.15) is 59.9 Å². The van der Waals surface area contributed by atoms with Crippen molar-refractivity contribution >= 4 is 61.8 Å². The molecular formula is C59H90ClN9O9S2. The standard InChI is InChI=1S/C30H44N4O4S.C16H26N4.C13H19NO5S.ClH/c1-24-21-29(38-4)22-25(2)30(24)39(36,37)31(3)14-11-28(35)23-26-7-9-27(10-8-26)34-19-17-33(18-20-34)16-15-32-12-5-6-13-32;17-15-3-5-16(6-4-15)20-13-11-19(12-14-20)10-9-18-7-1-2-8-18;1-10-7-12(18-4)8-11(2)13(10)20(16,17)14(3)5-6-19-9-15;/h7-10,21-22H,5-6,11-20,23H2,1-4H3;3-6H,1-2,7-14,17H2;7-9H,5-6H2,1-4H3;1H. The van der Waals surface area contributed by atoms with Gasteiger partial charge in [0.1, 0.15) is 23.9 Å². The Hall–Kier alpha value is -5.03. The highest BCUT2D eigenvalue weighted by Gasteiger charge is 2.28. The highest BCUT2D eigenvalue weighted by molar-refractivity contribution is 7.89. The predicted molar refractivity (Wildman–Crippen MR) is 323 cm³/mol. The number of ether oxygens (including phenoxy) is 3. The Kier molecular flexibility index (Phi) is 26.3. The Morgan fingerprint density at radius 2 is 0.900 bits per heavy atom. The lowest BCUT2D eigenvalue weighted by Gasteiger charge is -2.36. The van der Waals surface area contributed by atoms with Gasteiger partial charge in [0.05, 0.1) is 24.0 Å². The van der Waals surface area contributed by atoms with Crippen molar-refractivity contribution in [3.8, 4) is 11.5 Å². The Morgan fingerprint density at radius 1 is 0.550 bits per heavy atom. The van der Waals surface area contributed by atoms with E-state index in [4.69, 9.17) is 15.2 Å². The van der Waals surface area contributed by atoms with Gasteiger partial charge in [-0.3, -0.25) is 19.4 Å². The maximum Gasteiger partial charge on any atom is 0.293 e. The summed E-state index contributed by atoms with van der Waals surface area (Å²) in [6, 6.07) is 23.3. The van der Waals surface area contributed by atoms with Crippen molar-refractivity contribution in [2.45, 2.75) is 76.0 Å². The molecule has 4 heterocycles. The van der Waals surface area contributed by atoms with Gasteiger partial charge in [0.15, 0.2) is 0 Å². The normalized spacial score (nSPS) is 16.6. The van der Waals surface area contributed by atoms with E-state index < -0.39 is 20.0 Å². The lowest BCUT2D eigenvalue weighted by atomic mass is 10.1. The van der Waals surface area contributed by atoms with Crippen LogP contribution in [0.3, 0.4) is 0 Å². The summed E-state index contributed by atoms with van der Waals surface area (Å²) < 4.78 is 68.8. The van der Waals surface area contributed by atoms with Crippen LogP contribution in [0, 0.1) is 27.7 Å². The van der Waals surface area contributed by atoms with Crippen LogP contribution >= 0.6 is 12.4 Å². The Morgan fingerprint density at radius 3 is 1.26 bits per heavy atom. The van der Waals surface area contributed by atoms with Gasteiger partial charge >= 0.3 is 0 Å². The maximum atomic E-state index is 13.2. The SMILES string of the molecule is COc1cc(C)c(S(=O)(=O)N(C)CCC(=O)Cc2ccc(N3CCN(CCN4CCCC4)CC3)cc2)c(C)c1.COc1cc(C)c(S(=O)(=O)N(C)CCOC=O)c(C)c1.Cl.Nc1ccc(N2CCN(CCN3CCCC3)CC2)cc1. The monoisotopic (exact) mass is 1170 g/mol. The number of halogens is 1. The molecule has 0 amide bonds. The largest absolute Gasteiger partial charge is 0.497 e. The third-order valence-corrected chi connectivity index (χ3v) is 19.9. The van der Waals surface area contributed by atoms with Gasteiger partial charge in [-0.1, -0.05) is 12.1 Å². The van der Waals surface area contributed by atoms with Crippen LogP contribution in [0.2, 0.25) is 0 Å². The van der Waals surface area contributed by atoms with E-state index in [1.165, 1.54) is 121 Å². The molecule has 0 bridgehead atoms. The molecule has 4 fully saturated rings. The second kappa shape index (κ2) is 32.0. The average molecular weight is 1170 g/mol. The summed E-state index contributed by atoms with van der Waals surface area (Å²) >= 11 is 0. The van der Waals surface area contributed by atoms with E-state index in [9.17, 15) is 26.4 Å². The fourth-order valence-corrected chi connectivity index (χ4v) is 13.9. The molecule has 4 saturated heterocycles. The number of likely N-dealkylation sites (N-methyl/N-ethyl adjacent to an activating group) is 1. The number of rotatable bonds is 23. The molecule has 0 spiro atoms. The number of nitrogens with two attached hydrogens (primary N) is 1. The van der Waals surface area contributed by atoms with Crippen LogP contribution < -0.4 is 25.0 Å². The number of likely N-dealkylation sites (tertiary alicyclic amines) is 2. The smallest absolute Gasteiger partial charge is 0.293 e. The van der Waals surface area contributed by atoms with Gasteiger partial charge < -0.3 is 39.5 Å². The summed E-state index contributed by atoms with van der Waals surface area (Å²) in [6.45, 7) is 26.3. The molecule has 4 aromatic rings. The molecule has 18 nitrogen and oxygen atoms in total. The fourth-order valence-electron chi connectivity index (χ4n) is 10.8. The molecule has 0 aliphatic carbocycles. The zero-order valence-corrected chi connectivity index (χ0v) is 51.2. The zero-order valence-electron chi connectivity index (χ0n) is 48.7. The molecule has 0 unspecified atom stereocenters. The molecule has 2 N–H and O–H groups in total. The topological polar surface area (TPSA) is 182 Å². The number of hydrogen-bond donors (Lipinski definition) is 1. The second-order valence-corrected chi connectivity index (χ2v) is 25.2. The van der Waals surface area contributed by atoms with Crippen LogP contribution in [-0.2, 0) is 40.8 Å². The van der Waals surface area contributed by atoms with Gasteiger partial charge in [-0.25, -0.2) is 21.1 Å². The van der Waals surface area contributed by atoms with Crippen molar-refractivity contribution in [1.29, 1.82) is 0 Å². The predicted octanol–water partition coefficient (Wildman–Crippen LogP) is 6.37. The van der Waals surface area contributed by atoms with Crippen LogP contribution in [0.25, 0.3) is 0 Å². The van der Waals surface area contributed by atoms with Crippen molar-refractivity contribution in [3.05, 3.63) is 101 Å². The summed E-state index contributed by atoms with van der Waals surface area (Å²) in [6.07, 6.45) is 5.96. The van der Waals surface area contributed by atoms with E-state index in [1.807, 2.05) is 24.3 Å². The number of anilines is 3. The summed E-state index contributed by atoms with van der Waals surface area (Å²) in [5.74, 6) is 1.27. The van der Waals surface area contributed by atoms with Gasteiger partial charge in [-0.15, -0.1) is 12.4 Å². The van der Waals surface area contributed by atoms with Crippen LogP contribution in [-0.4, -0.2) is 210 Å².